The van der Waals surface area contributed by atoms with Crippen LogP contribution in [0.15, 0.2) is 24.3 Å². The summed E-state index contributed by atoms with van der Waals surface area (Å²) in [5.74, 6) is 0.388. The van der Waals surface area contributed by atoms with Gasteiger partial charge in [0.05, 0.1) is 24.7 Å². The Hall–Kier alpha value is -1.86. The maximum atomic E-state index is 12.0. The standard InChI is InChI=1S/C17H23N3O/c1-13(2)19-17(21)16-7-9-20(10-8-16)12-15-5-3-14(11-18)4-6-15/h3-6,13,16H,7-10,12H2,1-2H3,(H,19,21)/p+1. The quantitative estimate of drug-likeness (QED) is 0.863. The van der Waals surface area contributed by atoms with Gasteiger partial charge in [-0.3, -0.25) is 4.79 Å². The molecular formula is C17H24N3O+. The van der Waals surface area contributed by atoms with E-state index in [1.807, 2.05) is 38.1 Å². The summed E-state index contributed by atoms with van der Waals surface area (Å²) >= 11 is 0. The molecule has 0 atom stereocenters. The minimum absolute atomic E-state index is 0.178. The fraction of sp³-hybridized carbons (Fsp3) is 0.529. The van der Waals surface area contributed by atoms with Crippen molar-refractivity contribution < 1.29 is 9.69 Å². The number of nitriles is 1. The van der Waals surface area contributed by atoms with Crippen LogP contribution >= 0.6 is 0 Å². The summed E-state index contributed by atoms with van der Waals surface area (Å²) in [5.41, 5.74) is 1.96. The second-order valence-corrected chi connectivity index (χ2v) is 6.17. The maximum absolute atomic E-state index is 12.0. The highest BCUT2D eigenvalue weighted by Crippen LogP contribution is 2.10. The molecule has 0 saturated carbocycles. The number of nitrogens with one attached hydrogen (secondary N) is 2. The topological polar surface area (TPSA) is 57.3 Å². The van der Waals surface area contributed by atoms with E-state index in [1.165, 1.54) is 10.5 Å². The summed E-state index contributed by atoms with van der Waals surface area (Å²) in [7, 11) is 0. The van der Waals surface area contributed by atoms with Crippen LogP contribution in [-0.2, 0) is 11.3 Å². The second-order valence-electron chi connectivity index (χ2n) is 6.17. The van der Waals surface area contributed by atoms with E-state index in [2.05, 4.69) is 11.4 Å². The van der Waals surface area contributed by atoms with Crippen LogP contribution in [-0.4, -0.2) is 25.0 Å². The highest BCUT2D eigenvalue weighted by atomic mass is 16.1. The summed E-state index contributed by atoms with van der Waals surface area (Å²) < 4.78 is 0. The van der Waals surface area contributed by atoms with E-state index < -0.39 is 0 Å². The van der Waals surface area contributed by atoms with Crippen LogP contribution in [0.5, 0.6) is 0 Å². The third-order valence-corrected chi connectivity index (χ3v) is 4.03. The number of carbonyl (C=O) groups is 1. The zero-order chi connectivity index (χ0) is 15.2. The molecule has 1 amide bonds. The van der Waals surface area contributed by atoms with E-state index in [4.69, 9.17) is 5.26 Å². The van der Waals surface area contributed by atoms with Gasteiger partial charge in [-0.2, -0.15) is 5.26 Å². The van der Waals surface area contributed by atoms with Crippen LogP contribution in [0.2, 0.25) is 0 Å². The minimum atomic E-state index is 0.178. The van der Waals surface area contributed by atoms with Gasteiger partial charge < -0.3 is 10.2 Å². The van der Waals surface area contributed by atoms with Crippen molar-refractivity contribution in [2.24, 2.45) is 5.92 Å². The SMILES string of the molecule is CC(C)NC(=O)C1CC[NH+](Cc2ccc(C#N)cc2)CC1. The van der Waals surface area contributed by atoms with Crippen LogP contribution < -0.4 is 10.2 Å². The fourth-order valence-corrected chi connectivity index (χ4v) is 2.85. The molecule has 0 aliphatic carbocycles. The number of carbonyl (C=O) groups excluding carboxylic acids is 1. The van der Waals surface area contributed by atoms with Gasteiger partial charge in [-0.05, 0) is 26.0 Å². The van der Waals surface area contributed by atoms with E-state index in [9.17, 15) is 4.79 Å². The number of nitrogens with zero attached hydrogens (tertiary/aromatic N) is 1. The molecule has 0 spiro atoms. The van der Waals surface area contributed by atoms with E-state index in [0.717, 1.165) is 32.5 Å². The van der Waals surface area contributed by atoms with Gasteiger partial charge >= 0.3 is 0 Å². The van der Waals surface area contributed by atoms with Crippen LogP contribution in [0.1, 0.15) is 37.8 Å². The van der Waals surface area contributed by atoms with Crippen LogP contribution in [0.4, 0.5) is 0 Å². The molecule has 1 saturated heterocycles. The number of hydrogen-bond donors (Lipinski definition) is 2. The smallest absolute Gasteiger partial charge is 0.223 e. The number of amides is 1. The summed E-state index contributed by atoms with van der Waals surface area (Å²) in [6, 6.07) is 10.2. The number of benzene rings is 1. The van der Waals surface area contributed by atoms with E-state index in [1.54, 1.807) is 0 Å². The molecule has 1 fully saturated rings. The maximum Gasteiger partial charge on any atom is 0.223 e. The fourth-order valence-electron chi connectivity index (χ4n) is 2.85. The molecule has 0 aromatic heterocycles. The Bertz CT molecular complexity index is 508. The number of likely N-dealkylation sites (tertiary alicyclic amines) is 1. The van der Waals surface area contributed by atoms with Gasteiger partial charge in [0.1, 0.15) is 6.54 Å². The first-order valence-corrected chi connectivity index (χ1v) is 7.71. The summed E-state index contributed by atoms with van der Waals surface area (Å²) in [4.78, 5) is 13.5. The summed E-state index contributed by atoms with van der Waals surface area (Å²) in [5, 5.41) is 11.8. The zero-order valence-corrected chi connectivity index (χ0v) is 12.9. The Morgan fingerprint density at radius 1 is 1.33 bits per heavy atom. The third-order valence-electron chi connectivity index (χ3n) is 4.03. The molecule has 0 bridgehead atoms. The molecule has 1 aliphatic rings. The Morgan fingerprint density at radius 2 is 1.95 bits per heavy atom. The Morgan fingerprint density at radius 3 is 2.48 bits per heavy atom. The van der Waals surface area contributed by atoms with E-state index in [0.29, 0.717) is 5.56 Å². The molecule has 2 rings (SSSR count). The first-order chi connectivity index (χ1) is 10.1. The largest absolute Gasteiger partial charge is 0.354 e. The van der Waals surface area contributed by atoms with Crippen LogP contribution in [0.25, 0.3) is 0 Å². The lowest BCUT2D eigenvalue weighted by Crippen LogP contribution is -3.11. The van der Waals surface area contributed by atoms with Crippen molar-refractivity contribution in [1.82, 2.24) is 5.32 Å². The average molecular weight is 286 g/mol. The average Bonchev–Trinajstić information content (AvgIpc) is 2.48. The van der Waals surface area contributed by atoms with Crippen molar-refractivity contribution in [2.75, 3.05) is 13.1 Å². The van der Waals surface area contributed by atoms with Gasteiger partial charge in [-0.25, -0.2) is 0 Å². The molecule has 1 aliphatic heterocycles. The normalized spacial score (nSPS) is 21.8. The lowest BCUT2D eigenvalue weighted by molar-refractivity contribution is -0.919. The van der Waals surface area contributed by atoms with Gasteiger partial charge in [0, 0.05) is 30.4 Å². The molecule has 1 aromatic rings. The lowest BCUT2D eigenvalue weighted by Gasteiger charge is -2.29. The minimum Gasteiger partial charge on any atom is -0.354 e. The molecule has 1 heterocycles. The van der Waals surface area contributed by atoms with Crippen molar-refractivity contribution >= 4 is 5.91 Å². The first-order valence-electron chi connectivity index (χ1n) is 7.71. The number of piperidine rings is 1. The Balaban J connectivity index is 1.81. The Kier molecular flexibility index (Phi) is 5.35. The number of rotatable bonds is 4. The van der Waals surface area contributed by atoms with E-state index >= 15 is 0 Å². The molecule has 112 valence electrons. The number of hydrogen-bond acceptors (Lipinski definition) is 2. The molecule has 1 aromatic carbocycles. The first kappa shape index (κ1) is 15.5. The van der Waals surface area contributed by atoms with Crippen LogP contribution in [0, 0.1) is 17.2 Å². The van der Waals surface area contributed by atoms with Gasteiger partial charge in [0.15, 0.2) is 0 Å². The molecule has 2 N–H and O–H groups in total. The number of quaternary nitrogens is 1. The molecule has 0 radical (unpaired) electrons. The van der Waals surface area contributed by atoms with Gasteiger partial charge in [0.2, 0.25) is 5.91 Å². The van der Waals surface area contributed by atoms with Crippen molar-refractivity contribution in [3.63, 3.8) is 0 Å². The highest BCUT2D eigenvalue weighted by Gasteiger charge is 2.27. The predicted octanol–water partition coefficient (Wildman–Crippen LogP) is 0.878. The van der Waals surface area contributed by atoms with Crippen molar-refractivity contribution in [2.45, 2.75) is 39.3 Å². The van der Waals surface area contributed by atoms with Gasteiger partial charge in [-0.15, -0.1) is 0 Å². The highest BCUT2D eigenvalue weighted by molar-refractivity contribution is 5.78. The zero-order valence-electron chi connectivity index (χ0n) is 12.9. The molecular weight excluding hydrogens is 262 g/mol. The predicted molar refractivity (Wildman–Crippen MR) is 81.6 cm³/mol. The van der Waals surface area contributed by atoms with Gasteiger partial charge in [-0.1, -0.05) is 12.1 Å². The Labute approximate surface area is 126 Å². The molecule has 4 heteroatoms. The second kappa shape index (κ2) is 7.24. The van der Waals surface area contributed by atoms with Crippen LogP contribution in [0.3, 0.4) is 0 Å². The van der Waals surface area contributed by atoms with Crippen molar-refractivity contribution in [3.8, 4) is 6.07 Å². The van der Waals surface area contributed by atoms with Crippen molar-refractivity contribution in [3.05, 3.63) is 35.4 Å². The van der Waals surface area contributed by atoms with Gasteiger partial charge in [0.25, 0.3) is 0 Å². The molecule has 0 unspecified atom stereocenters. The molecule has 4 nitrogen and oxygen atoms in total. The monoisotopic (exact) mass is 286 g/mol. The third kappa shape index (κ3) is 4.57. The summed E-state index contributed by atoms with van der Waals surface area (Å²) in [6.07, 6.45) is 1.92. The lowest BCUT2D eigenvalue weighted by atomic mass is 9.95. The summed E-state index contributed by atoms with van der Waals surface area (Å²) in [6.45, 7) is 7.06. The van der Waals surface area contributed by atoms with Crippen molar-refractivity contribution in [1.29, 1.82) is 5.26 Å². The molecule has 21 heavy (non-hydrogen) atoms. The van der Waals surface area contributed by atoms with E-state index in [-0.39, 0.29) is 17.9 Å².